The van der Waals surface area contributed by atoms with Gasteiger partial charge in [0.05, 0.1) is 19.4 Å². The van der Waals surface area contributed by atoms with Crippen LogP contribution in [0.5, 0.6) is 0 Å². The second kappa shape index (κ2) is 8.44. The molecule has 1 N–H and O–H groups in total. The van der Waals surface area contributed by atoms with Crippen LogP contribution in [-0.4, -0.2) is 37.7 Å². The van der Waals surface area contributed by atoms with Gasteiger partial charge in [-0.1, -0.05) is 5.92 Å². The van der Waals surface area contributed by atoms with Crippen molar-refractivity contribution in [3.05, 3.63) is 0 Å². The number of hydrogen-bond donors (Lipinski definition) is 1. The van der Waals surface area contributed by atoms with Crippen molar-refractivity contribution >= 4 is 17.7 Å². The van der Waals surface area contributed by atoms with E-state index in [1.54, 1.807) is 11.8 Å². The number of hydrogen-bond acceptors (Lipinski definition) is 4. The van der Waals surface area contributed by atoms with E-state index in [1.807, 2.05) is 0 Å². The van der Waals surface area contributed by atoms with Gasteiger partial charge in [-0.2, -0.15) is 0 Å². The first-order valence-corrected chi connectivity index (χ1v) is 4.75. The summed E-state index contributed by atoms with van der Waals surface area (Å²) in [6, 6.07) is 0. The first kappa shape index (κ1) is 11.3. The van der Waals surface area contributed by atoms with Crippen LogP contribution in [0.15, 0.2) is 0 Å². The third-order valence-electron chi connectivity index (χ3n) is 1.11. The molecule has 0 heterocycles. The average molecular weight is 187 g/mol. The Morgan fingerprint density at radius 1 is 1.75 bits per heavy atom. The van der Waals surface area contributed by atoms with Gasteiger partial charge < -0.3 is 10.1 Å². The number of nitrogens with one attached hydrogen (secondary N) is 1. The average Bonchev–Trinajstić information content (AvgIpc) is 2.10. The van der Waals surface area contributed by atoms with E-state index in [0.717, 1.165) is 18.1 Å². The van der Waals surface area contributed by atoms with Crippen LogP contribution < -0.4 is 5.32 Å². The molecule has 0 aliphatic rings. The molecule has 0 fully saturated rings. The quantitative estimate of drug-likeness (QED) is 0.364. The zero-order valence-electron chi connectivity index (χ0n) is 7.13. The minimum atomic E-state index is -0.239. The van der Waals surface area contributed by atoms with E-state index < -0.39 is 0 Å². The summed E-state index contributed by atoms with van der Waals surface area (Å²) in [5.74, 6) is 3.92. The largest absolute Gasteiger partial charge is 0.468 e. The molecule has 4 heteroatoms. The van der Waals surface area contributed by atoms with E-state index in [4.69, 9.17) is 6.42 Å². The maximum atomic E-state index is 10.6. The van der Waals surface area contributed by atoms with Gasteiger partial charge in [0.2, 0.25) is 0 Å². The molecule has 0 rings (SSSR count). The first-order chi connectivity index (χ1) is 5.81. The summed E-state index contributed by atoms with van der Waals surface area (Å²) in [5.41, 5.74) is 0. The summed E-state index contributed by atoms with van der Waals surface area (Å²) in [6.45, 7) is 1.05. The SMILES string of the molecule is C#CCSCCNCC(=O)OC. The second-order valence-corrected chi connectivity index (χ2v) is 3.11. The lowest BCUT2D eigenvalue weighted by molar-refractivity contribution is -0.139. The molecule has 0 saturated carbocycles. The fourth-order valence-electron chi connectivity index (χ4n) is 0.538. The van der Waals surface area contributed by atoms with Crippen molar-refractivity contribution in [2.45, 2.75) is 0 Å². The Balaban J connectivity index is 3.01. The van der Waals surface area contributed by atoms with Crippen LogP contribution in [0.25, 0.3) is 0 Å². The summed E-state index contributed by atoms with van der Waals surface area (Å²) in [4.78, 5) is 10.6. The van der Waals surface area contributed by atoms with Gasteiger partial charge in [0, 0.05) is 12.3 Å². The van der Waals surface area contributed by atoms with Crippen LogP contribution in [0.2, 0.25) is 0 Å². The number of methoxy groups -OCH3 is 1. The van der Waals surface area contributed by atoms with Crippen molar-refractivity contribution in [1.82, 2.24) is 5.32 Å². The van der Waals surface area contributed by atoms with Gasteiger partial charge >= 0.3 is 5.97 Å². The Kier molecular flexibility index (Phi) is 7.97. The molecule has 0 amide bonds. The minimum Gasteiger partial charge on any atom is -0.468 e. The third kappa shape index (κ3) is 7.45. The molecule has 0 aromatic heterocycles. The van der Waals surface area contributed by atoms with Crippen LogP contribution >= 0.6 is 11.8 Å². The standard InChI is InChI=1S/C8H13NO2S/c1-3-5-12-6-4-9-7-8(10)11-2/h1,9H,4-7H2,2H3. The zero-order chi connectivity index (χ0) is 9.23. The van der Waals surface area contributed by atoms with E-state index in [-0.39, 0.29) is 12.5 Å². The Morgan fingerprint density at radius 3 is 3.08 bits per heavy atom. The summed E-state index contributed by atoms with van der Waals surface area (Å²) in [6.07, 6.45) is 5.05. The summed E-state index contributed by atoms with van der Waals surface area (Å²) in [5, 5.41) is 2.93. The van der Waals surface area contributed by atoms with Crippen molar-refractivity contribution in [2.75, 3.05) is 31.7 Å². The predicted octanol–water partition coefficient (Wildman–Crippen LogP) is 0.115. The van der Waals surface area contributed by atoms with E-state index in [9.17, 15) is 4.79 Å². The van der Waals surface area contributed by atoms with Gasteiger partial charge in [0.25, 0.3) is 0 Å². The Labute approximate surface area is 77.2 Å². The van der Waals surface area contributed by atoms with Gasteiger partial charge in [-0.3, -0.25) is 4.79 Å². The molecular formula is C8H13NO2S. The molecular weight excluding hydrogens is 174 g/mol. The maximum absolute atomic E-state index is 10.6. The predicted molar refractivity (Wildman–Crippen MR) is 51.0 cm³/mol. The molecule has 0 saturated heterocycles. The molecule has 0 aliphatic carbocycles. The van der Waals surface area contributed by atoms with Gasteiger partial charge in [-0.15, -0.1) is 18.2 Å². The molecule has 0 spiro atoms. The zero-order valence-corrected chi connectivity index (χ0v) is 7.95. The number of esters is 1. The van der Waals surface area contributed by atoms with Crippen LogP contribution in [0.3, 0.4) is 0 Å². The molecule has 0 aromatic carbocycles. The molecule has 0 bridgehead atoms. The highest BCUT2D eigenvalue weighted by Gasteiger charge is 1.96. The highest BCUT2D eigenvalue weighted by atomic mass is 32.2. The van der Waals surface area contributed by atoms with Crippen LogP contribution in [0.1, 0.15) is 0 Å². The number of carbonyl (C=O) groups is 1. The fourth-order valence-corrected chi connectivity index (χ4v) is 1.09. The van der Waals surface area contributed by atoms with Crippen LogP contribution in [-0.2, 0) is 9.53 Å². The van der Waals surface area contributed by atoms with Gasteiger partial charge in [0.15, 0.2) is 0 Å². The first-order valence-electron chi connectivity index (χ1n) is 3.60. The molecule has 12 heavy (non-hydrogen) atoms. The molecule has 0 aliphatic heterocycles. The van der Waals surface area contributed by atoms with Crippen molar-refractivity contribution in [3.8, 4) is 12.3 Å². The molecule has 0 aromatic rings. The normalized spacial score (nSPS) is 9.00. The fraction of sp³-hybridized carbons (Fsp3) is 0.625. The Bertz CT molecular complexity index is 165. The Morgan fingerprint density at radius 2 is 2.50 bits per heavy atom. The third-order valence-corrected chi connectivity index (χ3v) is 1.97. The van der Waals surface area contributed by atoms with Gasteiger partial charge in [-0.25, -0.2) is 0 Å². The molecule has 0 radical (unpaired) electrons. The monoisotopic (exact) mass is 187 g/mol. The van der Waals surface area contributed by atoms with Gasteiger partial charge in [-0.05, 0) is 0 Å². The van der Waals surface area contributed by atoms with Gasteiger partial charge in [0.1, 0.15) is 0 Å². The lowest BCUT2D eigenvalue weighted by Crippen LogP contribution is -2.25. The number of thioether (sulfide) groups is 1. The number of rotatable bonds is 6. The van der Waals surface area contributed by atoms with E-state index in [0.29, 0.717) is 0 Å². The van der Waals surface area contributed by atoms with Crippen molar-refractivity contribution in [1.29, 1.82) is 0 Å². The smallest absolute Gasteiger partial charge is 0.319 e. The topological polar surface area (TPSA) is 38.3 Å². The highest BCUT2D eigenvalue weighted by molar-refractivity contribution is 7.99. The number of terminal acetylenes is 1. The molecule has 0 atom stereocenters. The van der Waals surface area contributed by atoms with Crippen LogP contribution in [0, 0.1) is 12.3 Å². The summed E-state index contributed by atoms with van der Waals surface area (Å²) < 4.78 is 4.44. The Hall–Kier alpha value is -0.660. The molecule has 0 unspecified atom stereocenters. The van der Waals surface area contributed by atoms with Crippen molar-refractivity contribution in [3.63, 3.8) is 0 Å². The molecule has 3 nitrogen and oxygen atoms in total. The second-order valence-electron chi connectivity index (χ2n) is 2.01. The van der Waals surface area contributed by atoms with E-state index >= 15 is 0 Å². The molecule has 68 valence electrons. The minimum absolute atomic E-state index is 0.239. The van der Waals surface area contributed by atoms with Crippen molar-refractivity contribution in [2.24, 2.45) is 0 Å². The van der Waals surface area contributed by atoms with Crippen LogP contribution in [0.4, 0.5) is 0 Å². The lowest BCUT2D eigenvalue weighted by Gasteiger charge is -2.01. The summed E-state index contributed by atoms with van der Waals surface area (Å²) in [7, 11) is 1.37. The summed E-state index contributed by atoms with van der Waals surface area (Å²) >= 11 is 1.66. The van der Waals surface area contributed by atoms with E-state index in [1.165, 1.54) is 7.11 Å². The van der Waals surface area contributed by atoms with Crippen molar-refractivity contribution < 1.29 is 9.53 Å². The highest BCUT2D eigenvalue weighted by Crippen LogP contribution is 1.94. The van der Waals surface area contributed by atoms with E-state index in [2.05, 4.69) is 16.0 Å². The maximum Gasteiger partial charge on any atom is 0.319 e. The lowest BCUT2D eigenvalue weighted by atomic mass is 10.6. The number of carbonyl (C=O) groups excluding carboxylic acids is 1. The number of ether oxygens (including phenoxy) is 1.